The first-order valence-corrected chi connectivity index (χ1v) is 6.16. The number of aromatic hydroxyl groups is 1. The third-order valence-electron chi connectivity index (χ3n) is 3.21. The first-order chi connectivity index (χ1) is 9.08. The molecule has 0 saturated carbocycles. The van der Waals surface area contributed by atoms with Crippen LogP contribution in [-0.2, 0) is 4.79 Å². The summed E-state index contributed by atoms with van der Waals surface area (Å²) in [5, 5.41) is 24.2. The fourth-order valence-corrected chi connectivity index (χ4v) is 2.12. The number of aromatic carboxylic acids is 1. The molecule has 2 rings (SSSR count). The van der Waals surface area contributed by atoms with E-state index in [0.717, 1.165) is 25.9 Å². The molecule has 0 bridgehead atoms. The number of piperidine rings is 1. The van der Waals surface area contributed by atoms with Crippen molar-refractivity contribution in [3.8, 4) is 5.75 Å². The summed E-state index contributed by atoms with van der Waals surface area (Å²) in [5.41, 5.74) is 0.228. The van der Waals surface area contributed by atoms with Crippen LogP contribution in [0.25, 0.3) is 0 Å². The molecule has 1 heterocycles. The smallest absolute Gasteiger partial charge is 0.339 e. The van der Waals surface area contributed by atoms with E-state index in [1.54, 1.807) is 0 Å². The lowest BCUT2D eigenvalue weighted by Crippen LogP contribution is -2.34. The molecule has 0 radical (unpaired) electrons. The van der Waals surface area contributed by atoms with Crippen molar-refractivity contribution in [3.63, 3.8) is 0 Å². The third-order valence-corrected chi connectivity index (χ3v) is 3.21. The van der Waals surface area contributed by atoms with Gasteiger partial charge in [0.1, 0.15) is 11.3 Å². The van der Waals surface area contributed by atoms with Crippen molar-refractivity contribution in [1.29, 1.82) is 0 Å². The molecule has 0 aliphatic carbocycles. The number of amides is 1. The highest BCUT2D eigenvalue weighted by atomic mass is 16.4. The number of carboxylic acid groups (broad SMARTS) is 1. The molecule has 0 unspecified atom stereocenters. The molecule has 1 aromatic rings. The van der Waals surface area contributed by atoms with E-state index in [0.29, 0.717) is 5.69 Å². The zero-order valence-electron chi connectivity index (χ0n) is 10.3. The Morgan fingerprint density at radius 1 is 1.26 bits per heavy atom. The molecule has 6 heteroatoms. The zero-order chi connectivity index (χ0) is 13.8. The average molecular weight is 264 g/mol. The summed E-state index contributed by atoms with van der Waals surface area (Å²) in [7, 11) is 0. The van der Waals surface area contributed by atoms with E-state index in [-0.39, 0.29) is 23.1 Å². The van der Waals surface area contributed by atoms with Crippen molar-refractivity contribution < 1.29 is 19.8 Å². The molecule has 19 heavy (non-hydrogen) atoms. The van der Waals surface area contributed by atoms with Crippen LogP contribution in [0.15, 0.2) is 18.2 Å². The quantitative estimate of drug-likeness (QED) is 0.653. The predicted molar refractivity (Wildman–Crippen MR) is 69.3 cm³/mol. The molecule has 4 N–H and O–H groups in total. The lowest BCUT2D eigenvalue weighted by Gasteiger charge is -2.21. The van der Waals surface area contributed by atoms with Gasteiger partial charge in [0.25, 0.3) is 0 Å². The summed E-state index contributed by atoms with van der Waals surface area (Å²) in [6.07, 6.45) is 1.57. The Bertz CT molecular complexity index is 495. The summed E-state index contributed by atoms with van der Waals surface area (Å²) in [4.78, 5) is 22.7. The zero-order valence-corrected chi connectivity index (χ0v) is 10.3. The van der Waals surface area contributed by atoms with Gasteiger partial charge in [-0.15, -0.1) is 0 Å². The molecule has 0 atom stereocenters. The molecule has 1 aromatic carbocycles. The molecule has 1 aliphatic rings. The Morgan fingerprint density at radius 2 is 1.95 bits per heavy atom. The number of phenols is 1. The highest BCUT2D eigenvalue weighted by molar-refractivity contribution is 5.95. The van der Waals surface area contributed by atoms with Gasteiger partial charge >= 0.3 is 5.97 Å². The van der Waals surface area contributed by atoms with Crippen LogP contribution in [0, 0.1) is 5.92 Å². The summed E-state index contributed by atoms with van der Waals surface area (Å²) in [6, 6.07) is 4.00. The van der Waals surface area contributed by atoms with E-state index < -0.39 is 5.97 Å². The number of nitrogens with one attached hydrogen (secondary N) is 2. The summed E-state index contributed by atoms with van der Waals surface area (Å²) >= 11 is 0. The van der Waals surface area contributed by atoms with Gasteiger partial charge in [-0.2, -0.15) is 0 Å². The van der Waals surface area contributed by atoms with Crippen molar-refractivity contribution in [3.05, 3.63) is 23.8 Å². The van der Waals surface area contributed by atoms with Crippen molar-refractivity contribution in [2.24, 2.45) is 5.92 Å². The molecule has 6 nitrogen and oxygen atoms in total. The summed E-state index contributed by atoms with van der Waals surface area (Å²) < 4.78 is 0. The van der Waals surface area contributed by atoms with Gasteiger partial charge in [0.2, 0.25) is 5.91 Å². The minimum Gasteiger partial charge on any atom is -0.507 e. The SMILES string of the molecule is O=C(O)c1ccc(NC(=O)C2CCNCC2)cc1O. The van der Waals surface area contributed by atoms with Crippen LogP contribution in [0.4, 0.5) is 5.69 Å². The highest BCUT2D eigenvalue weighted by Gasteiger charge is 2.21. The van der Waals surface area contributed by atoms with Crippen LogP contribution >= 0.6 is 0 Å². The van der Waals surface area contributed by atoms with Gasteiger partial charge in [-0.05, 0) is 38.1 Å². The lowest BCUT2D eigenvalue weighted by molar-refractivity contribution is -0.120. The van der Waals surface area contributed by atoms with Crippen LogP contribution in [0.2, 0.25) is 0 Å². The third kappa shape index (κ3) is 3.23. The summed E-state index contributed by atoms with van der Waals surface area (Å²) in [5.74, 6) is -1.68. The lowest BCUT2D eigenvalue weighted by atomic mass is 9.97. The van der Waals surface area contributed by atoms with E-state index in [2.05, 4.69) is 10.6 Å². The maximum absolute atomic E-state index is 12.0. The molecule has 102 valence electrons. The fourth-order valence-electron chi connectivity index (χ4n) is 2.12. The topological polar surface area (TPSA) is 98.7 Å². The first-order valence-electron chi connectivity index (χ1n) is 6.16. The standard InChI is InChI=1S/C13H16N2O4/c16-11-7-9(1-2-10(11)13(18)19)15-12(17)8-3-5-14-6-4-8/h1-2,7-8,14,16H,3-6H2,(H,15,17)(H,18,19). The second kappa shape index (κ2) is 5.71. The highest BCUT2D eigenvalue weighted by Crippen LogP contribution is 2.23. The van der Waals surface area contributed by atoms with Crippen LogP contribution in [-0.4, -0.2) is 35.2 Å². The van der Waals surface area contributed by atoms with Gasteiger partial charge < -0.3 is 20.8 Å². The number of hydrogen-bond acceptors (Lipinski definition) is 4. The van der Waals surface area contributed by atoms with Gasteiger partial charge in [-0.25, -0.2) is 4.79 Å². The largest absolute Gasteiger partial charge is 0.507 e. The van der Waals surface area contributed by atoms with Crippen molar-refractivity contribution in [2.75, 3.05) is 18.4 Å². The molecule has 1 saturated heterocycles. The van der Waals surface area contributed by atoms with Crippen LogP contribution < -0.4 is 10.6 Å². The minimum atomic E-state index is -1.20. The molecule has 0 aromatic heterocycles. The summed E-state index contributed by atoms with van der Waals surface area (Å²) in [6.45, 7) is 1.64. The first kappa shape index (κ1) is 13.4. The number of anilines is 1. The monoisotopic (exact) mass is 264 g/mol. The van der Waals surface area contributed by atoms with E-state index in [4.69, 9.17) is 5.11 Å². The van der Waals surface area contributed by atoms with Gasteiger partial charge in [0.15, 0.2) is 0 Å². The van der Waals surface area contributed by atoms with E-state index in [9.17, 15) is 14.7 Å². The molecule has 0 spiro atoms. The number of hydrogen-bond donors (Lipinski definition) is 4. The Labute approximate surface area is 110 Å². The Morgan fingerprint density at radius 3 is 2.53 bits per heavy atom. The second-order valence-corrected chi connectivity index (χ2v) is 4.55. The van der Waals surface area contributed by atoms with Crippen molar-refractivity contribution >= 4 is 17.6 Å². The van der Waals surface area contributed by atoms with Crippen LogP contribution in [0.5, 0.6) is 5.75 Å². The van der Waals surface area contributed by atoms with E-state index in [1.807, 2.05) is 0 Å². The Kier molecular flexibility index (Phi) is 4.01. The van der Waals surface area contributed by atoms with Crippen LogP contribution in [0.3, 0.4) is 0 Å². The van der Waals surface area contributed by atoms with Gasteiger partial charge in [-0.3, -0.25) is 4.79 Å². The van der Waals surface area contributed by atoms with E-state index in [1.165, 1.54) is 18.2 Å². The number of carbonyl (C=O) groups is 2. The number of carbonyl (C=O) groups excluding carboxylic acids is 1. The molecule has 1 fully saturated rings. The maximum atomic E-state index is 12.0. The number of carboxylic acids is 1. The Hall–Kier alpha value is -2.08. The maximum Gasteiger partial charge on any atom is 0.339 e. The minimum absolute atomic E-state index is 0.0393. The molecule has 1 amide bonds. The van der Waals surface area contributed by atoms with Gasteiger partial charge in [0.05, 0.1) is 0 Å². The molecule has 1 aliphatic heterocycles. The van der Waals surface area contributed by atoms with Crippen molar-refractivity contribution in [2.45, 2.75) is 12.8 Å². The van der Waals surface area contributed by atoms with Crippen molar-refractivity contribution in [1.82, 2.24) is 5.32 Å². The normalized spacial score (nSPS) is 16.0. The van der Waals surface area contributed by atoms with Crippen LogP contribution in [0.1, 0.15) is 23.2 Å². The predicted octanol–water partition coefficient (Wildman–Crippen LogP) is 1.03. The molecular weight excluding hydrogens is 248 g/mol. The van der Waals surface area contributed by atoms with Gasteiger partial charge in [0, 0.05) is 17.7 Å². The second-order valence-electron chi connectivity index (χ2n) is 4.55. The molecular formula is C13H16N2O4. The number of benzene rings is 1. The van der Waals surface area contributed by atoms with Gasteiger partial charge in [-0.1, -0.05) is 0 Å². The fraction of sp³-hybridized carbons (Fsp3) is 0.385. The number of rotatable bonds is 3. The average Bonchev–Trinajstić information content (AvgIpc) is 2.39. The van der Waals surface area contributed by atoms with E-state index >= 15 is 0 Å². The Balaban J connectivity index is 2.04.